The fourth-order valence-electron chi connectivity index (χ4n) is 1.21. The van der Waals surface area contributed by atoms with Gasteiger partial charge in [-0.1, -0.05) is 0 Å². The van der Waals surface area contributed by atoms with Gasteiger partial charge in [0.25, 0.3) is 5.91 Å². The van der Waals surface area contributed by atoms with Crippen molar-refractivity contribution in [2.75, 3.05) is 7.11 Å². The third-order valence-electron chi connectivity index (χ3n) is 2.07. The SMILES string of the molecule is COC(=O)/C=C1\S/C(=N/N=C/c2ccc[nH]2)NC1=O. The third kappa shape index (κ3) is 3.55. The Kier molecular flexibility index (Phi) is 4.14. The Morgan fingerprint density at radius 3 is 3.05 bits per heavy atom. The van der Waals surface area contributed by atoms with E-state index in [1.165, 1.54) is 13.3 Å². The topological polar surface area (TPSA) is 95.9 Å². The van der Waals surface area contributed by atoms with Gasteiger partial charge in [0.1, 0.15) is 0 Å². The predicted molar refractivity (Wildman–Crippen MR) is 71.7 cm³/mol. The van der Waals surface area contributed by atoms with Crippen LogP contribution in [-0.4, -0.2) is 35.4 Å². The number of carbonyl (C=O) groups is 2. The van der Waals surface area contributed by atoms with Crippen molar-refractivity contribution in [3.05, 3.63) is 35.0 Å². The largest absolute Gasteiger partial charge is 0.466 e. The highest BCUT2D eigenvalue weighted by molar-refractivity contribution is 8.18. The molecule has 0 aromatic carbocycles. The van der Waals surface area contributed by atoms with E-state index in [0.29, 0.717) is 5.17 Å². The number of esters is 1. The van der Waals surface area contributed by atoms with Crippen molar-refractivity contribution in [1.82, 2.24) is 10.3 Å². The summed E-state index contributed by atoms with van der Waals surface area (Å²) in [6, 6.07) is 3.66. The summed E-state index contributed by atoms with van der Waals surface area (Å²) in [7, 11) is 1.24. The predicted octanol–water partition coefficient (Wildman–Crippen LogP) is 0.624. The van der Waals surface area contributed by atoms with Crippen LogP contribution < -0.4 is 5.32 Å². The van der Waals surface area contributed by atoms with Crippen LogP contribution in [0.15, 0.2) is 39.5 Å². The average Bonchev–Trinajstić information content (AvgIpc) is 3.00. The molecule has 2 N–H and O–H groups in total. The van der Waals surface area contributed by atoms with Gasteiger partial charge in [-0.25, -0.2) is 4.79 Å². The molecule has 98 valence electrons. The van der Waals surface area contributed by atoms with E-state index in [1.807, 2.05) is 12.1 Å². The van der Waals surface area contributed by atoms with Crippen LogP contribution in [-0.2, 0) is 14.3 Å². The average molecular weight is 278 g/mol. The Hall–Kier alpha value is -2.35. The zero-order valence-corrected chi connectivity index (χ0v) is 10.7. The molecular weight excluding hydrogens is 268 g/mol. The molecule has 1 aliphatic rings. The van der Waals surface area contributed by atoms with Gasteiger partial charge in [0.05, 0.1) is 23.9 Å². The summed E-state index contributed by atoms with van der Waals surface area (Å²) in [5.74, 6) is -0.988. The van der Waals surface area contributed by atoms with Crippen LogP contribution in [0.1, 0.15) is 5.69 Å². The zero-order chi connectivity index (χ0) is 13.7. The molecule has 2 heterocycles. The number of hydrogen-bond acceptors (Lipinski definition) is 6. The Morgan fingerprint density at radius 2 is 2.37 bits per heavy atom. The van der Waals surface area contributed by atoms with E-state index in [9.17, 15) is 9.59 Å². The number of aromatic nitrogens is 1. The zero-order valence-electron chi connectivity index (χ0n) is 9.91. The lowest BCUT2D eigenvalue weighted by Gasteiger charge is -1.90. The minimum absolute atomic E-state index is 0.223. The van der Waals surface area contributed by atoms with Crippen molar-refractivity contribution >= 4 is 35.0 Å². The summed E-state index contributed by atoms with van der Waals surface area (Å²) >= 11 is 1.03. The molecule has 2 rings (SSSR count). The number of nitrogens with zero attached hydrogens (tertiary/aromatic N) is 2. The van der Waals surface area contributed by atoms with Crippen LogP contribution in [0.5, 0.6) is 0 Å². The Bertz CT molecular complexity index is 575. The molecule has 19 heavy (non-hydrogen) atoms. The van der Waals surface area contributed by atoms with E-state index >= 15 is 0 Å². The maximum atomic E-state index is 11.5. The molecule has 0 unspecified atom stereocenters. The van der Waals surface area contributed by atoms with Crippen LogP contribution in [0.4, 0.5) is 0 Å². The van der Waals surface area contributed by atoms with E-state index in [1.54, 1.807) is 6.20 Å². The minimum Gasteiger partial charge on any atom is -0.466 e. The standard InChI is InChI=1S/C11H10N4O3S/c1-18-9(16)5-8-10(17)14-11(19-8)15-13-6-7-3-2-4-12-7/h2-6,12H,1H3,(H,14,15,17)/b8-5-,13-6+. The van der Waals surface area contributed by atoms with Crippen molar-refractivity contribution in [2.45, 2.75) is 0 Å². The first-order valence-corrected chi connectivity index (χ1v) is 6.04. The molecule has 0 atom stereocenters. The smallest absolute Gasteiger partial charge is 0.331 e. The first-order chi connectivity index (χ1) is 9.19. The van der Waals surface area contributed by atoms with Gasteiger partial charge in [-0.3, -0.25) is 10.1 Å². The van der Waals surface area contributed by atoms with Gasteiger partial charge in [-0.15, -0.1) is 5.10 Å². The molecule has 1 aromatic heterocycles. The van der Waals surface area contributed by atoms with Crippen LogP contribution in [0, 0.1) is 0 Å². The lowest BCUT2D eigenvalue weighted by atomic mass is 10.4. The molecule has 0 radical (unpaired) electrons. The quantitative estimate of drug-likeness (QED) is 0.367. The van der Waals surface area contributed by atoms with Crippen LogP contribution >= 0.6 is 11.8 Å². The number of thioether (sulfide) groups is 1. The number of nitrogens with one attached hydrogen (secondary N) is 2. The molecule has 0 bridgehead atoms. The summed E-state index contributed by atoms with van der Waals surface area (Å²) < 4.78 is 4.44. The Labute approximate surface area is 112 Å². The molecule has 0 saturated carbocycles. The van der Waals surface area contributed by atoms with Gasteiger partial charge < -0.3 is 9.72 Å². The second kappa shape index (κ2) is 6.01. The van der Waals surface area contributed by atoms with Crippen molar-refractivity contribution in [3.8, 4) is 0 Å². The van der Waals surface area contributed by atoms with Crippen molar-refractivity contribution < 1.29 is 14.3 Å². The second-order valence-corrected chi connectivity index (χ2v) is 4.39. The normalized spacial score (nSPS) is 19.3. The van der Waals surface area contributed by atoms with Crippen molar-refractivity contribution in [2.24, 2.45) is 10.2 Å². The van der Waals surface area contributed by atoms with Gasteiger partial charge in [-0.05, 0) is 23.9 Å². The lowest BCUT2D eigenvalue weighted by molar-refractivity contribution is -0.135. The first kappa shape index (κ1) is 13.1. The third-order valence-corrected chi connectivity index (χ3v) is 2.97. The molecule has 8 heteroatoms. The number of H-pyrrole nitrogens is 1. The summed E-state index contributed by atoms with van der Waals surface area (Å²) in [5, 5.41) is 10.4. The lowest BCUT2D eigenvalue weighted by Crippen LogP contribution is -2.19. The van der Waals surface area contributed by atoms with E-state index in [0.717, 1.165) is 23.5 Å². The number of methoxy groups -OCH3 is 1. The van der Waals surface area contributed by atoms with Gasteiger partial charge in [0, 0.05) is 12.3 Å². The van der Waals surface area contributed by atoms with E-state index < -0.39 is 11.9 Å². The minimum atomic E-state index is -0.589. The number of amidine groups is 1. The highest BCUT2D eigenvalue weighted by Crippen LogP contribution is 2.23. The number of aromatic amines is 1. The maximum absolute atomic E-state index is 11.5. The molecule has 0 spiro atoms. The van der Waals surface area contributed by atoms with E-state index in [2.05, 4.69) is 25.2 Å². The molecule has 1 fully saturated rings. The van der Waals surface area contributed by atoms with Crippen LogP contribution in [0.2, 0.25) is 0 Å². The van der Waals surface area contributed by atoms with Gasteiger partial charge in [0.15, 0.2) is 5.17 Å². The Morgan fingerprint density at radius 1 is 1.53 bits per heavy atom. The van der Waals surface area contributed by atoms with Gasteiger partial charge in [-0.2, -0.15) is 5.10 Å². The summed E-state index contributed by atoms with van der Waals surface area (Å²) in [6.07, 6.45) is 4.39. The van der Waals surface area contributed by atoms with E-state index in [-0.39, 0.29) is 4.91 Å². The fourth-order valence-corrected chi connectivity index (χ4v) is 1.95. The molecule has 1 aliphatic heterocycles. The fraction of sp³-hybridized carbons (Fsp3) is 0.0909. The Balaban J connectivity index is 2.02. The van der Waals surface area contributed by atoms with Gasteiger partial charge in [0.2, 0.25) is 0 Å². The van der Waals surface area contributed by atoms with Crippen LogP contribution in [0.3, 0.4) is 0 Å². The molecule has 1 aromatic rings. The van der Waals surface area contributed by atoms with E-state index in [4.69, 9.17) is 0 Å². The van der Waals surface area contributed by atoms with Gasteiger partial charge >= 0.3 is 5.97 Å². The number of hydrogen-bond donors (Lipinski definition) is 2. The highest BCUT2D eigenvalue weighted by atomic mass is 32.2. The summed E-state index contributed by atoms with van der Waals surface area (Å²) in [4.78, 5) is 25.7. The monoisotopic (exact) mass is 278 g/mol. The molecular formula is C11H10N4O3S. The second-order valence-electron chi connectivity index (χ2n) is 3.36. The number of amides is 1. The summed E-state index contributed by atoms with van der Waals surface area (Å²) in [6.45, 7) is 0. The van der Waals surface area contributed by atoms with Crippen molar-refractivity contribution in [3.63, 3.8) is 0 Å². The molecule has 1 amide bonds. The molecule has 0 aliphatic carbocycles. The van der Waals surface area contributed by atoms with Crippen molar-refractivity contribution in [1.29, 1.82) is 0 Å². The number of carbonyl (C=O) groups excluding carboxylic acids is 2. The highest BCUT2D eigenvalue weighted by Gasteiger charge is 2.24. The number of rotatable bonds is 3. The van der Waals surface area contributed by atoms with Crippen LogP contribution in [0.25, 0.3) is 0 Å². The molecule has 1 saturated heterocycles. The summed E-state index contributed by atoms with van der Waals surface area (Å²) in [5.41, 5.74) is 0.795. The first-order valence-electron chi connectivity index (χ1n) is 5.22. The maximum Gasteiger partial charge on any atom is 0.331 e. The molecule has 7 nitrogen and oxygen atoms in total. The number of ether oxygens (including phenoxy) is 1.